The highest BCUT2D eigenvalue weighted by Crippen LogP contribution is 2.30. The molecular weight excluding hydrogens is 232 g/mol. The lowest BCUT2D eigenvalue weighted by molar-refractivity contribution is -0.108. The van der Waals surface area contributed by atoms with Crippen molar-refractivity contribution in [1.82, 2.24) is 4.98 Å². The summed E-state index contributed by atoms with van der Waals surface area (Å²) in [4.78, 5) is 28.7. The van der Waals surface area contributed by atoms with Gasteiger partial charge in [0.1, 0.15) is 23.7 Å². The number of hydrogen-bond acceptors (Lipinski definition) is 4. The van der Waals surface area contributed by atoms with Crippen molar-refractivity contribution in [2.75, 3.05) is 4.90 Å². The number of aldehydes is 1. The van der Waals surface area contributed by atoms with E-state index in [-0.39, 0.29) is 0 Å². The van der Waals surface area contributed by atoms with Crippen LogP contribution >= 0.6 is 0 Å². The van der Waals surface area contributed by atoms with Gasteiger partial charge in [-0.1, -0.05) is 6.07 Å². The average Bonchev–Trinajstić information content (AvgIpc) is 2.64. The molecule has 1 aliphatic heterocycles. The summed E-state index contributed by atoms with van der Waals surface area (Å²) in [6.45, 7) is 5.36. The highest BCUT2D eigenvalue weighted by Gasteiger charge is 2.37. The summed E-state index contributed by atoms with van der Waals surface area (Å²) in [5.41, 5.74) is 0.294. The summed E-state index contributed by atoms with van der Waals surface area (Å²) in [5.74, 6) is 0.517. The Hall–Kier alpha value is -1.91. The molecule has 0 N–H and O–H groups in total. The quantitative estimate of drug-likeness (QED) is 0.713. The van der Waals surface area contributed by atoms with Gasteiger partial charge in [-0.2, -0.15) is 0 Å². The Morgan fingerprint density at radius 2 is 2.28 bits per heavy atom. The van der Waals surface area contributed by atoms with Crippen LogP contribution in [-0.4, -0.2) is 29.0 Å². The minimum absolute atomic E-state index is 0.492. The number of rotatable bonds is 1. The van der Waals surface area contributed by atoms with Crippen LogP contribution in [0.2, 0.25) is 0 Å². The third-order valence-corrected chi connectivity index (χ3v) is 2.60. The van der Waals surface area contributed by atoms with Crippen LogP contribution < -0.4 is 4.90 Å². The summed E-state index contributed by atoms with van der Waals surface area (Å²) in [7, 11) is 0. The Bertz CT molecular complexity index is 479. The second kappa shape index (κ2) is 4.40. The van der Waals surface area contributed by atoms with Gasteiger partial charge in [0.05, 0.1) is 0 Å². The van der Waals surface area contributed by atoms with E-state index >= 15 is 0 Å². The predicted molar refractivity (Wildman–Crippen MR) is 66.5 cm³/mol. The van der Waals surface area contributed by atoms with E-state index in [0.717, 1.165) is 11.8 Å². The minimum Gasteiger partial charge on any atom is -0.443 e. The maximum absolute atomic E-state index is 12.1. The Morgan fingerprint density at radius 1 is 1.56 bits per heavy atom. The third kappa shape index (κ3) is 2.34. The molecule has 2 heterocycles. The van der Waals surface area contributed by atoms with Crippen molar-refractivity contribution in [3.63, 3.8) is 0 Å². The summed E-state index contributed by atoms with van der Waals surface area (Å²) < 4.78 is 5.30. The fraction of sp³-hybridized carbons (Fsp3) is 0.462. The average molecular weight is 248 g/mol. The molecule has 96 valence electrons. The van der Waals surface area contributed by atoms with Crippen molar-refractivity contribution in [2.24, 2.45) is 0 Å². The second-order valence-corrected chi connectivity index (χ2v) is 5.24. The first-order valence-corrected chi connectivity index (χ1v) is 5.84. The van der Waals surface area contributed by atoms with Crippen LogP contribution in [0.1, 0.15) is 26.3 Å². The molecule has 0 spiro atoms. The SMILES string of the molecule is CC(C)(C)OC(=O)N1c2ncccc2CC1C=O. The van der Waals surface area contributed by atoms with Gasteiger partial charge in [-0.3, -0.25) is 4.90 Å². The predicted octanol–water partition coefficient (Wildman–Crippen LogP) is 1.95. The fourth-order valence-corrected chi connectivity index (χ4v) is 1.92. The van der Waals surface area contributed by atoms with E-state index in [1.807, 2.05) is 6.07 Å². The Labute approximate surface area is 106 Å². The monoisotopic (exact) mass is 248 g/mol. The van der Waals surface area contributed by atoms with Gasteiger partial charge in [0.2, 0.25) is 0 Å². The van der Waals surface area contributed by atoms with Gasteiger partial charge >= 0.3 is 6.09 Å². The van der Waals surface area contributed by atoms with Crippen molar-refractivity contribution in [3.05, 3.63) is 23.9 Å². The number of aromatic nitrogens is 1. The Morgan fingerprint density at radius 3 is 2.89 bits per heavy atom. The molecule has 0 fully saturated rings. The number of pyridine rings is 1. The van der Waals surface area contributed by atoms with Gasteiger partial charge in [0.15, 0.2) is 0 Å². The molecule has 1 amide bonds. The lowest BCUT2D eigenvalue weighted by atomic mass is 10.2. The standard InChI is InChI=1S/C13H16N2O3/c1-13(2,3)18-12(17)15-10(8-16)7-9-5-4-6-14-11(9)15/h4-6,8,10H,7H2,1-3H3. The summed E-state index contributed by atoms with van der Waals surface area (Å²) in [6, 6.07) is 3.13. The molecule has 0 saturated carbocycles. The van der Waals surface area contributed by atoms with Crippen molar-refractivity contribution >= 4 is 18.2 Å². The van der Waals surface area contributed by atoms with Crippen molar-refractivity contribution < 1.29 is 14.3 Å². The molecule has 1 aromatic rings. The van der Waals surface area contributed by atoms with E-state index in [0.29, 0.717) is 12.2 Å². The molecule has 2 rings (SSSR count). The number of anilines is 1. The van der Waals surface area contributed by atoms with Gasteiger partial charge in [0, 0.05) is 12.6 Å². The second-order valence-electron chi connectivity index (χ2n) is 5.24. The van der Waals surface area contributed by atoms with Crippen LogP contribution in [0.4, 0.5) is 10.6 Å². The summed E-state index contributed by atoms with van der Waals surface area (Å²) in [6.07, 6.45) is 2.32. The van der Waals surface area contributed by atoms with Gasteiger partial charge < -0.3 is 9.53 Å². The highest BCUT2D eigenvalue weighted by molar-refractivity contribution is 5.94. The number of fused-ring (bicyclic) bond motifs is 1. The highest BCUT2D eigenvalue weighted by atomic mass is 16.6. The first-order chi connectivity index (χ1) is 8.42. The minimum atomic E-state index is -0.595. The molecule has 1 aliphatic rings. The topological polar surface area (TPSA) is 59.5 Å². The Kier molecular flexibility index (Phi) is 3.07. The first-order valence-electron chi connectivity index (χ1n) is 5.84. The lowest BCUT2D eigenvalue weighted by Crippen LogP contribution is -2.42. The molecular formula is C13H16N2O3. The van der Waals surface area contributed by atoms with Crippen LogP contribution in [0.5, 0.6) is 0 Å². The van der Waals surface area contributed by atoms with Gasteiger partial charge in [-0.25, -0.2) is 9.78 Å². The summed E-state index contributed by atoms with van der Waals surface area (Å²) in [5, 5.41) is 0. The zero-order valence-electron chi connectivity index (χ0n) is 10.7. The van der Waals surface area contributed by atoms with E-state index in [1.54, 1.807) is 33.0 Å². The van der Waals surface area contributed by atoms with E-state index in [2.05, 4.69) is 4.98 Å². The number of nitrogens with zero attached hydrogens (tertiary/aromatic N) is 2. The van der Waals surface area contributed by atoms with Gasteiger partial charge in [-0.05, 0) is 32.4 Å². The Balaban J connectivity index is 2.30. The molecule has 1 atom stereocenters. The zero-order chi connectivity index (χ0) is 13.3. The van der Waals surface area contributed by atoms with Crippen LogP contribution in [0.25, 0.3) is 0 Å². The molecule has 0 aliphatic carbocycles. The van der Waals surface area contributed by atoms with Crippen molar-refractivity contribution in [3.8, 4) is 0 Å². The smallest absolute Gasteiger partial charge is 0.416 e. The molecule has 5 nitrogen and oxygen atoms in total. The third-order valence-electron chi connectivity index (χ3n) is 2.60. The number of carbonyl (C=O) groups excluding carboxylic acids is 2. The van der Waals surface area contributed by atoms with Crippen molar-refractivity contribution in [2.45, 2.75) is 38.8 Å². The number of amides is 1. The van der Waals surface area contributed by atoms with Crippen LogP contribution in [-0.2, 0) is 16.0 Å². The zero-order valence-corrected chi connectivity index (χ0v) is 10.7. The maximum Gasteiger partial charge on any atom is 0.416 e. The van der Waals surface area contributed by atoms with E-state index in [9.17, 15) is 9.59 Å². The van der Waals surface area contributed by atoms with Crippen molar-refractivity contribution in [1.29, 1.82) is 0 Å². The number of carbonyl (C=O) groups is 2. The van der Waals surface area contributed by atoms with E-state index < -0.39 is 17.7 Å². The molecule has 0 saturated heterocycles. The normalized spacial score (nSPS) is 18.4. The lowest BCUT2D eigenvalue weighted by Gasteiger charge is -2.26. The van der Waals surface area contributed by atoms with Crippen LogP contribution in [0.3, 0.4) is 0 Å². The largest absolute Gasteiger partial charge is 0.443 e. The van der Waals surface area contributed by atoms with Crippen LogP contribution in [0, 0.1) is 0 Å². The molecule has 5 heteroatoms. The molecule has 0 bridgehead atoms. The van der Waals surface area contributed by atoms with E-state index in [4.69, 9.17) is 4.74 Å². The number of ether oxygens (including phenoxy) is 1. The van der Waals surface area contributed by atoms with Crippen LogP contribution in [0.15, 0.2) is 18.3 Å². The molecule has 0 aromatic carbocycles. The van der Waals surface area contributed by atoms with Gasteiger partial charge in [0.25, 0.3) is 0 Å². The first kappa shape index (κ1) is 12.5. The van der Waals surface area contributed by atoms with Gasteiger partial charge in [-0.15, -0.1) is 0 Å². The molecule has 1 unspecified atom stereocenters. The summed E-state index contributed by atoms with van der Waals surface area (Å²) >= 11 is 0. The fourth-order valence-electron chi connectivity index (χ4n) is 1.92. The maximum atomic E-state index is 12.1. The number of hydrogen-bond donors (Lipinski definition) is 0. The molecule has 0 radical (unpaired) electrons. The molecule has 18 heavy (non-hydrogen) atoms. The molecule has 1 aromatic heterocycles. The van der Waals surface area contributed by atoms with E-state index in [1.165, 1.54) is 4.90 Å².